The van der Waals surface area contributed by atoms with E-state index in [9.17, 15) is 13.2 Å². The third kappa shape index (κ3) is 5.47. The highest BCUT2D eigenvalue weighted by atomic mass is 32.2. The van der Waals surface area contributed by atoms with Gasteiger partial charge in [0.1, 0.15) is 0 Å². The fourth-order valence-electron chi connectivity index (χ4n) is 5.68. The van der Waals surface area contributed by atoms with Crippen LogP contribution < -0.4 is 4.72 Å². The molecule has 2 saturated carbocycles. The average Bonchev–Trinajstić information content (AvgIpc) is 3.60. The predicted molar refractivity (Wildman–Crippen MR) is 131 cm³/mol. The number of carbonyl (C=O) groups is 1. The fraction of sp³-hybridized carbons (Fsp3) is 0.680. The molecule has 8 nitrogen and oxygen atoms in total. The van der Waals surface area contributed by atoms with Gasteiger partial charge in [0.15, 0.2) is 0 Å². The largest absolute Gasteiger partial charge is 0.378 e. The lowest BCUT2D eigenvalue weighted by Crippen LogP contribution is -2.54. The van der Waals surface area contributed by atoms with Gasteiger partial charge in [0, 0.05) is 43.4 Å². The van der Waals surface area contributed by atoms with Gasteiger partial charge in [-0.05, 0) is 68.6 Å². The van der Waals surface area contributed by atoms with Gasteiger partial charge in [0.2, 0.25) is 15.9 Å². The smallest absolute Gasteiger partial charge is 0.225 e. The van der Waals surface area contributed by atoms with Crippen molar-refractivity contribution in [2.24, 2.45) is 18.9 Å². The number of aryl methyl sites for hydroxylation is 1. The molecular weight excluding hydrogens is 452 g/mol. The summed E-state index contributed by atoms with van der Waals surface area (Å²) in [7, 11) is -1.34. The molecule has 9 heteroatoms. The van der Waals surface area contributed by atoms with Crippen LogP contribution in [0.25, 0.3) is 10.9 Å². The van der Waals surface area contributed by atoms with Gasteiger partial charge in [-0.1, -0.05) is 6.07 Å². The van der Waals surface area contributed by atoms with Crippen LogP contribution in [0.1, 0.15) is 56.4 Å². The Balaban J connectivity index is 1.16. The van der Waals surface area contributed by atoms with Gasteiger partial charge in [0.25, 0.3) is 0 Å². The van der Waals surface area contributed by atoms with E-state index >= 15 is 0 Å². The molecule has 34 heavy (non-hydrogen) atoms. The number of likely N-dealkylation sites (tertiary alicyclic amines) is 1. The highest BCUT2D eigenvalue weighted by Crippen LogP contribution is 2.36. The minimum atomic E-state index is -3.31. The van der Waals surface area contributed by atoms with Gasteiger partial charge in [-0.2, -0.15) is 5.10 Å². The standard InChI is InChI=1S/C25H36N4O4S/c1-28-24-10-7-19(13-20(24)14-26-28)17-5-8-22(9-6-17)33-16-21-15-29(25(30)18-3-4-18)12-11-23(21)27-34(2,31)32/h7,10,13-14,17-18,21-23,27H,3-6,8-9,11-12,15-16H2,1-2H3/t17?,21-,22?,23-/m0/s1. The van der Waals surface area contributed by atoms with Crippen LogP contribution in [0.3, 0.4) is 0 Å². The van der Waals surface area contributed by atoms with Gasteiger partial charge >= 0.3 is 0 Å². The summed E-state index contributed by atoms with van der Waals surface area (Å²) in [6.07, 6.45) is 10.1. The Labute approximate surface area is 202 Å². The number of ether oxygens (including phenoxy) is 1. The monoisotopic (exact) mass is 488 g/mol. The maximum absolute atomic E-state index is 12.6. The lowest BCUT2D eigenvalue weighted by atomic mass is 9.82. The molecular formula is C25H36N4O4S. The molecule has 0 spiro atoms. The first-order valence-corrected chi connectivity index (χ1v) is 14.5. The van der Waals surface area contributed by atoms with E-state index in [1.54, 1.807) is 0 Å². The molecule has 2 atom stereocenters. The number of sulfonamides is 1. The van der Waals surface area contributed by atoms with Crippen molar-refractivity contribution in [1.82, 2.24) is 19.4 Å². The van der Waals surface area contributed by atoms with E-state index in [-0.39, 0.29) is 29.9 Å². The Morgan fingerprint density at radius 2 is 1.91 bits per heavy atom. The Kier molecular flexibility index (Phi) is 6.70. The van der Waals surface area contributed by atoms with Crippen LogP contribution >= 0.6 is 0 Å². The summed E-state index contributed by atoms with van der Waals surface area (Å²) in [5, 5.41) is 5.54. The van der Waals surface area contributed by atoms with Crippen molar-refractivity contribution in [3.8, 4) is 0 Å². The van der Waals surface area contributed by atoms with Gasteiger partial charge in [-0.25, -0.2) is 13.1 Å². The third-order valence-electron chi connectivity index (χ3n) is 7.80. The number of nitrogens with zero attached hydrogens (tertiary/aromatic N) is 3. The molecule has 186 valence electrons. The van der Waals surface area contributed by atoms with Crippen LogP contribution in [0.5, 0.6) is 0 Å². The van der Waals surface area contributed by atoms with Crippen LogP contribution in [-0.2, 0) is 26.6 Å². The van der Waals surface area contributed by atoms with Crippen molar-refractivity contribution in [3.05, 3.63) is 30.0 Å². The summed E-state index contributed by atoms with van der Waals surface area (Å²) >= 11 is 0. The van der Waals surface area contributed by atoms with Crippen molar-refractivity contribution in [2.75, 3.05) is 26.0 Å². The zero-order chi connectivity index (χ0) is 23.9. The molecule has 1 aliphatic heterocycles. The zero-order valence-corrected chi connectivity index (χ0v) is 21.0. The fourth-order valence-corrected chi connectivity index (χ4v) is 6.54. The average molecular weight is 489 g/mol. The molecule has 1 aromatic heterocycles. The second-order valence-electron chi connectivity index (χ2n) is 10.5. The van der Waals surface area contributed by atoms with Crippen molar-refractivity contribution >= 4 is 26.8 Å². The van der Waals surface area contributed by atoms with Crippen LogP contribution in [-0.4, -0.2) is 67.1 Å². The number of aromatic nitrogens is 2. The van der Waals surface area contributed by atoms with Crippen LogP contribution in [0.15, 0.2) is 24.4 Å². The van der Waals surface area contributed by atoms with Crippen LogP contribution in [0, 0.1) is 11.8 Å². The first kappa shape index (κ1) is 23.8. The van der Waals surface area contributed by atoms with Gasteiger partial charge in [-0.3, -0.25) is 9.48 Å². The number of amides is 1. The van der Waals surface area contributed by atoms with Crippen molar-refractivity contribution < 1.29 is 17.9 Å². The molecule has 0 bridgehead atoms. The van der Waals surface area contributed by atoms with E-state index in [4.69, 9.17) is 4.74 Å². The number of nitrogens with one attached hydrogen (secondary N) is 1. The Morgan fingerprint density at radius 1 is 1.15 bits per heavy atom. The lowest BCUT2D eigenvalue weighted by molar-refractivity contribution is -0.135. The van der Waals surface area contributed by atoms with Gasteiger partial charge < -0.3 is 9.64 Å². The van der Waals surface area contributed by atoms with Crippen molar-refractivity contribution in [3.63, 3.8) is 0 Å². The van der Waals surface area contributed by atoms with Crippen LogP contribution in [0.2, 0.25) is 0 Å². The maximum atomic E-state index is 12.6. The van der Waals surface area contributed by atoms with E-state index < -0.39 is 10.0 Å². The van der Waals surface area contributed by atoms with E-state index in [1.165, 1.54) is 17.2 Å². The maximum Gasteiger partial charge on any atom is 0.225 e. The van der Waals surface area contributed by atoms with E-state index in [1.807, 2.05) is 22.8 Å². The molecule has 1 N–H and O–H groups in total. The summed E-state index contributed by atoms with van der Waals surface area (Å²) < 4.78 is 34.8. The third-order valence-corrected chi connectivity index (χ3v) is 8.53. The topological polar surface area (TPSA) is 93.5 Å². The number of hydrogen-bond donors (Lipinski definition) is 1. The highest BCUT2D eigenvalue weighted by molar-refractivity contribution is 7.88. The number of hydrogen-bond acceptors (Lipinski definition) is 5. The number of rotatable bonds is 7. The summed E-state index contributed by atoms with van der Waals surface area (Å²) in [6.45, 7) is 1.67. The zero-order valence-electron chi connectivity index (χ0n) is 20.2. The molecule has 0 radical (unpaired) electrons. The molecule has 0 unspecified atom stereocenters. The number of fused-ring (bicyclic) bond motifs is 1. The Morgan fingerprint density at radius 3 is 2.62 bits per heavy atom. The SMILES string of the molecule is Cn1ncc2cc(C3CCC(OC[C@@H]4CN(C(=O)C5CC5)CC[C@@H]4NS(C)(=O)=O)CC3)ccc21. The van der Waals surface area contributed by atoms with Gasteiger partial charge in [-0.15, -0.1) is 0 Å². The minimum absolute atomic E-state index is 0.0168. The van der Waals surface area contributed by atoms with E-state index in [0.717, 1.165) is 44.0 Å². The Bertz CT molecular complexity index is 1130. The molecule has 1 amide bonds. The summed E-state index contributed by atoms with van der Waals surface area (Å²) in [5.41, 5.74) is 2.53. The van der Waals surface area contributed by atoms with E-state index in [0.29, 0.717) is 32.0 Å². The molecule has 5 rings (SSSR count). The highest BCUT2D eigenvalue weighted by Gasteiger charge is 2.39. The summed E-state index contributed by atoms with van der Waals surface area (Å²) in [5.74, 6) is 0.929. The molecule has 2 heterocycles. The molecule has 3 fully saturated rings. The van der Waals surface area contributed by atoms with Crippen molar-refractivity contribution in [1.29, 1.82) is 0 Å². The first-order chi connectivity index (χ1) is 16.3. The predicted octanol–water partition coefficient (Wildman–Crippen LogP) is 2.79. The molecule has 1 aromatic carbocycles. The number of carbonyl (C=O) groups excluding carboxylic acids is 1. The normalized spacial score (nSPS) is 28.4. The van der Waals surface area contributed by atoms with E-state index in [2.05, 4.69) is 28.0 Å². The molecule has 2 aliphatic carbocycles. The first-order valence-electron chi connectivity index (χ1n) is 12.6. The minimum Gasteiger partial charge on any atom is -0.378 e. The lowest BCUT2D eigenvalue weighted by Gasteiger charge is -2.39. The second-order valence-corrected chi connectivity index (χ2v) is 12.3. The van der Waals surface area contributed by atoms with Crippen molar-refractivity contribution in [2.45, 2.75) is 63.0 Å². The quantitative estimate of drug-likeness (QED) is 0.647. The summed E-state index contributed by atoms with van der Waals surface area (Å²) in [4.78, 5) is 14.5. The number of benzene rings is 1. The number of piperidine rings is 1. The van der Waals surface area contributed by atoms with Gasteiger partial charge in [0.05, 0.1) is 30.7 Å². The molecule has 1 saturated heterocycles. The van der Waals surface area contributed by atoms with Crippen LogP contribution in [0.4, 0.5) is 0 Å². The summed E-state index contributed by atoms with van der Waals surface area (Å²) in [6, 6.07) is 6.47. The second kappa shape index (κ2) is 9.59. The molecule has 3 aliphatic rings. The molecule has 2 aromatic rings. The Hall–Kier alpha value is -1.97.